The van der Waals surface area contributed by atoms with E-state index in [1.807, 2.05) is 85.3 Å². The topological polar surface area (TPSA) is 73.8 Å². The third-order valence-electron chi connectivity index (χ3n) is 5.56. The third-order valence-corrected chi connectivity index (χ3v) is 6.67. The zero-order valence-electron chi connectivity index (χ0n) is 17.9. The number of para-hydroxylation sites is 2. The average molecular weight is 444 g/mol. The first-order chi connectivity index (χ1) is 15.5. The fourth-order valence-corrected chi connectivity index (χ4v) is 4.87. The number of benzene rings is 2. The molecule has 0 spiro atoms. The zero-order chi connectivity index (χ0) is 22.4. The van der Waals surface area contributed by atoms with Gasteiger partial charge in [-0.1, -0.05) is 36.4 Å². The summed E-state index contributed by atoms with van der Waals surface area (Å²) in [5, 5.41) is 8.39. The Morgan fingerprint density at radius 2 is 1.59 bits per heavy atom. The summed E-state index contributed by atoms with van der Waals surface area (Å²) in [6, 6.07) is 21.0. The van der Waals surface area contributed by atoms with Gasteiger partial charge in [0.2, 0.25) is 0 Å². The number of thiophene rings is 1. The summed E-state index contributed by atoms with van der Waals surface area (Å²) in [6.45, 7) is 3.74. The number of carbonyl (C=O) groups is 1. The van der Waals surface area contributed by atoms with Crippen LogP contribution in [0.25, 0.3) is 21.6 Å². The molecule has 8 heteroatoms. The maximum atomic E-state index is 13.1. The number of anilines is 1. The Kier molecular flexibility index (Phi) is 4.79. The molecule has 3 heterocycles. The van der Waals surface area contributed by atoms with Crippen LogP contribution in [0, 0.1) is 13.8 Å². The van der Waals surface area contributed by atoms with Crippen molar-refractivity contribution in [1.82, 2.24) is 19.1 Å². The molecule has 3 aromatic heterocycles. The predicted molar refractivity (Wildman–Crippen MR) is 127 cm³/mol. The van der Waals surface area contributed by atoms with E-state index in [4.69, 9.17) is 0 Å². The van der Waals surface area contributed by atoms with Crippen molar-refractivity contribution < 1.29 is 4.79 Å². The van der Waals surface area contributed by atoms with Crippen LogP contribution in [0.3, 0.4) is 0 Å². The van der Waals surface area contributed by atoms with E-state index < -0.39 is 0 Å². The quantitative estimate of drug-likeness (QED) is 0.446. The molecule has 0 aliphatic rings. The molecule has 0 unspecified atom stereocenters. The molecular formula is C24H21N5O2S. The highest BCUT2D eigenvalue weighted by molar-refractivity contribution is 7.20. The molecule has 32 heavy (non-hydrogen) atoms. The summed E-state index contributed by atoms with van der Waals surface area (Å²) in [6.07, 6.45) is 0. The number of rotatable bonds is 4. The first-order valence-corrected chi connectivity index (χ1v) is 11.0. The van der Waals surface area contributed by atoms with E-state index in [-0.39, 0.29) is 17.2 Å². The van der Waals surface area contributed by atoms with Gasteiger partial charge in [0.1, 0.15) is 10.5 Å². The summed E-state index contributed by atoms with van der Waals surface area (Å²) in [7, 11) is 1.80. The SMILES string of the molecule is Cc1nn(-c2ccccc2)c2sc(C(=O)Nc3c(C)n(C)n(-c4ccccc4)c3=O)cc12. The Balaban J connectivity index is 1.52. The molecule has 1 amide bonds. The summed E-state index contributed by atoms with van der Waals surface area (Å²) in [5.74, 6) is -0.309. The van der Waals surface area contributed by atoms with Crippen LogP contribution in [0.4, 0.5) is 5.69 Å². The first-order valence-electron chi connectivity index (χ1n) is 10.2. The Morgan fingerprint density at radius 3 is 2.25 bits per heavy atom. The van der Waals surface area contributed by atoms with Gasteiger partial charge >= 0.3 is 0 Å². The molecule has 7 nitrogen and oxygen atoms in total. The number of aryl methyl sites for hydroxylation is 1. The Hall–Kier alpha value is -3.91. The molecule has 5 rings (SSSR count). The fourth-order valence-electron chi connectivity index (χ4n) is 3.79. The van der Waals surface area contributed by atoms with E-state index in [2.05, 4.69) is 10.4 Å². The smallest absolute Gasteiger partial charge is 0.295 e. The Morgan fingerprint density at radius 1 is 0.969 bits per heavy atom. The van der Waals surface area contributed by atoms with Gasteiger partial charge in [0, 0.05) is 12.4 Å². The van der Waals surface area contributed by atoms with Gasteiger partial charge < -0.3 is 5.32 Å². The van der Waals surface area contributed by atoms with Crippen LogP contribution >= 0.6 is 11.3 Å². The van der Waals surface area contributed by atoms with E-state index in [0.717, 1.165) is 27.3 Å². The predicted octanol–water partition coefficient (Wildman–Crippen LogP) is 4.45. The number of hydrogen-bond acceptors (Lipinski definition) is 4. The second kappa shape index (κ2) is 7.65. The zero-order valence-corrected chi connectivity index (χ0v) is 18.7. The number of hydrogen-bond donors (Lipinski definition) is 1. The van der Waals surface area contributed by atoms with Crippen molar-refractivity contribution in [3.05, 3.63) is 93.3 Å². The monoisotopic (exact) mass is 443 g/mol. The Labute approximate surface area is 188 Å². The Bertz CT molecular complexity index is 1510. The number of nitrogens with zero attached hydrogens (tertiary/aromatic N) is 4. The van der Waals surface area contributed by atoms with Crippen LogP contribution in [-0.2, 0) is 7.05 Å². The second-order valence-electron chi connectivity index (χ2n) is 7.55. The number of amides is 1. The van der Waals surface area contributed by atoms with Gasteiger partial charge in [0.25, 0.3) is 11.5 Å². The molecule has 0 radical (unpaired) electrons. The van der Waals surface area contributed by atoms with Crippen LogP contribution < -0.4 is 10.9 Å². The maximum Gasteiger partial charge on any atom is 0.295 e. The lowest BCUT2D eigenvalue weighted by Crippen LogP contribution is -2.22. The molecule has 0 saturated heterocycles. The maximum absolute atomic E-state index is 13.1. The molecule has 0 fully saturated rings. The molecule has 1 N–H and O–H groups in total. The van der Waals surface area contributed by atoms with E-state index in [1.165, 1.54) is 11.3 Å². The van der Waals surface area contributed by atoms with Gasteiger partial charge in [-0.3, -0.25) is 14.3 Å². The van der Waals surface area contributed by atoms with Crippen molar-refractivity contribution in [2.45, 2.75) is 13.8 Å². The van der Waals surface area contributed by atoms with Crippen LogP contribution in [-0.4, -0.2) is 25.1 Å². The van der Waals surface area contributed by atoms with Gasteiger partial charge in [-0.15, -0.1) is 11.3 Å². The number of aromatic nitrogens is 4. The van der Waals surface area contributed by atoms with E-state index >= 15 is 0 Å². The van der Waals surface area contributed by atoms with Crippen molar-refractivity contribution in [1.29, 1.82) is 0 Å². The summed E-state index contributed by atoms with van der Waals surface area (Å²) in [4.78, 5) is 27.6. The molecule has 0 bridgehead atoms. The largest absolute Gasteiger partial charge is 0.315 e. The normalized spacial score (nSPS) is 11.2. The lowest BCUT2D eigenvalue weighted by Gasteiger charge is -2.07. The van der Waals surface area contributed by atoms with Gasteiger partial charge in [-0.2, -0.15) is 5.10 Å². The molecular weight excluding hydrogens is 422 g/mol. The van der Waals surface area contributed by atoms with Crippen LogP contribution in [0.2, 0.25) is 0 Å². The summed E-state index contributed by atoms with van der Waals surface area (Å²) in [5.41, 5.74) is 3.21. The minimum Gasteiger partial charge on any atom is -0.315 e. The minimum absolute atomic E-state index is 0.266. The molecule has 0 aliphatic heterocycles. The molecule has 5 aromatic rings. The lowest BCUT2D eigenvalue weighted by atomic mass is 10.3. The number of carbonyl (C=O) groups excluding carboxylic acids is 1. The molecule has 2 aromatic carbocycles. The highest BCUT2D eigenvalue weighted by Gasteiger charge is 2.21. The van der Waals surface area contributed by atoms with Crippen molar-refractivity contribution in [3.63, 3.8) is 0 Å². The first kappa shape index (κ1) is 20.0. The average Bonchev–Trinajstić information content (AvgIpc) is 3.44. The van der Waals surface area contributed by atoms with Gasteiger partial charge in [-0.25, -0.2) is 9.36 Å². The van der Waals surface area contributed by atoms with Crippen LogP contribution in [0.1, 0.15) is 21.1 Å². The highest BCUT2D eigenvalue weighted by Crippen LogP contribution is 2.31. The van der Waals surface area contributed by atoms with E-state index in [1.54, 1.807) is 16.4 Å². The van der Waals surface area contributed by atoms with E-state index in [9.17, 15) is 9.59 Å². The molecule has 0 aliphatic carbocycles. The molecule has 0 saturated carbocycles. The standard InChI is InChI=1S/C24H21N5O2S/c1-15-19-14-20(32-24(19)28(26-15)17-10-6-4-7-11-17)22(30)25-21-16(2)27(3)29(23(21)31)18-12-8-5-9-13-18/h4-14H,1-3H3,(H,25,30). The van der Waals surface area contributed by atoms with Gasteiger partial charge in [0.15, 0.2) is 0 Å². The van der Waals surface area contributed by atoms with Crippen LogP contribution in [0.15, 0.2) is 71.5 Å². The number of fused-ring (bicyclic) bond motifs is 1. The fraction of sp³-hybridized carbons (Fsp3) is 0.125. The van der Waals surface area contributed by atoms with Gasteiger partial charge in [-0.05, 0) is 44.2 Å². The van der Waals surface area contributed by atoms with Crippen molar-refractivity contribution in [2.24, 2.45) is 7.05 Å². The minimum atomic E-state index is -0.309. The highest BCUT2D eigenvalue weighted by atomic mass is 32.1. The third kappa shape index (κ3) is 3.16. The summed E-state index contributed by atoms with van der Waals surface area (Å²) < 4.78 is 5.14. The lowest BCUT2D eigenvalue weighted by molar-refractivity contribution is 0.103. The van der Waals surface area contributed by atoms with Crippen LogP contribution in [0.5, 0.6) is 0 Å². The van der Waals surface area contributed by atoms with E-state index in [0.29, 0.717) is 10.6 Å². The molecule has 0 atom stereocenters. The van der Waals surface area contributed by atoms with Crippen molar-refractivity contribution >= 4 is 33.1 Å². The second-order valence-corrected chi connectivity index (χ2v) is 8.58. The summed E-state index contributed by atoms with van der Waals surface area (Å²) >= 11 is 1.36. The number of nitrogens with one attached hydrogen (secondary N) is 1. The van der Waals surface area contributed by atoms with Crippen molar-refractivity contribution in [3.8, 4) is 11.4 Å². The van der Waals surface area contributed by atoms with Crippen molar-refractivity contribution in [2.75, 3.05) is 5.32 Å². The van der Waals surface area contributed by atoms with Gasteiger partial charge in [0.05, 0.1) is 27.6 Å². The molecule has 160 valence electrons.